The number of Topliss-reactive ketones (excluding diaryl/α,β-unsaturated/α-hetero) is 1. The first-order chi connectivity index (χ1) is 12.8. The molecule has 27 heavy (non-hydrogen) atoms. The Morgan fingerprint density at radius 3 is 2.30 bits per heavy atom. The molecule has 0 radical (unpaired) electrons. The monoisotopic (exact) mass is 371 g/mol. The highest BCUT2D eigenvalue weighted by atomic mass is 16.5. The molecule has 6 heteroatoms. The van der Waals surface area contributed by atoms with Crippen LogP contribution < -0.4 is 5.32 Å². The second-order valence-corrected chi connectivity index (χ2v) is 8.72. The molecule has 4 saturated carbocycles. The number of carbonyl (C=O) groups excluding carboxylic acids is 3. The van der Waals surface area contributed by atoms with Crippen LogP contribution in [0.5, 0.6) is 0 Å². The maximum absolute atomic E-state index is 12.8. The molecule has 4 aliphatic carbocycles. The van der Waals surface area contributed by atoms with E-state index in [1.165, 1.54) is 6.92 Å². The van der Waals surface area contributed by atoms with Crippen molar-refractivity contribution in [3.8, 4) is 0 Å². The lowest BCUT2D eigenvalue weighted by Gasteiger charge is -2.58. The van der Waals surface area contributed by atoms with Crippen LogP contribution in [0.4, 0.5) is 5.69 Å². The molecule has 4 fully saturated rings. The Labute approximate surface area is 158 Å². The predicted molar refractivity (Wildman–Crippen MR) is 98.1 cm³/mol. The zero-order valence-corrected chi connectivity index (χ0v) is 15.5. The quantitative estimate of drug-likeness (QED) is 0.613. The SMILES string of the molecule is CC(=O)c1ccc(NC(=O)COC(=O)C23CC4CC(CC(O)(C4)C2)C3)cc1. The largest absolute Gasteiger partial charge is 0.455 e. The van der Waals surface area contributed by atoms with Crippen LogP contribution in [0.3, 0.4) is 0 Å². The second kappa shape index (κ2) is 6.44. The van der Waals surface area contributed by atoms with Crippen molar-refractivity contribution in [3.05, 3.63) is 29.8 Å². The molecule has 0 saturated heterocycles. The summed E-state index contributed by atoms with van der Waals surface area (Å²) in [4.78, 5) is 36.2. The van der Waals surface area contributed by atoms with Crippen LogP contribution in [-0.2, 0) is 14.3 Å². The van der Waals surface area contributed by atoms with Crippen molar-refractivity contribution >= 4 is 23.3 Å². The lowest BCUT2D eigenvalue weighted by Crippen LogP contribution is -2.58. The highest BCUT2D eigenvalue weighted by molar-refractivity contribution is 5.96. The fraction of sp³-hybridized carbons (Fsp3) is 0.571. The first-order valence-electron chi connectivity index (χ1n) is 9.57. The maximum Gasteiger partial charge on any atom is 0.312 e. The number of esters is 1. The summed E-state index contributed by atoms with van der Waals surface area (Å²) in [5.74, 6) is -0.0339. The Bertz CT molecular complexity index is 770. The fourth-order valence-corrected chi connectivity index (χ4v) is 5.72. The van der Waals surface area contributed by atoms with Gasteiger partial charge in [0.05, 0.1) is 11.0 Å². The summed E-state index contributed by atoms with van der Waals surface area (Å²) in [6.07, 6.45) is 4.65. The standard InChI is InChI=1S/C21H25NO5/c1-13(23)16-2-4-17(5-3-16)22-18(24)11-27-19(25)20-7-14-6-15(8-20)10-21(26,9-14)12-20/h2-5,14-15,26H,6-12H2,1H3,(H,22,24). The molecule has 2 atom stereocenters. The van der Waals surface area contributed by atoms with Crippen LogP contribution in [0.25, 0.3) is 0 Å². The fourth-order valence-electron chi connectivity index (χ4n) is 5.72. The first kappa shape index (κ1) is 18.2. The third-order valence-electron chi connectivity index (χ3n) is 6.37. The minimum Gasteiger partial charge on any atom is -0.455 e. The van der Waals surface area contributed by atoms with E-state index in [0.717, 1.165) is 32.1 Å². The van der Waals surface area contributed by atoms with Crippen molar-refractivity contribution in [2.75, 3.05) is 11.9 Å². The number of rotatable bonds is 5. The van der Waals surface area contributed by atoms with Gasteiger partial charge in [0.25, 0.3) is 5.91 Å². The summed E-state index contributed by atoms with van der Waals surface area (Å²) in [6.45, 7) is 1.14. The molecule has 0 heterocycles. The van der Waals surface area contributed by atoms with E-state index in [1.807, 2.05) is 0 Å². The Morgan fingerprint density at radius 2 is 1.74 bits per heavy atom. The smallest absolute Gasteiger partial charge is 0.312 e. The van der Waals surface area contributed by atoms with Gasteiger partial charge in [-0.3, -0.25) is 14.4 Å². The van der Waals surface area contributed by atoms with Crippen molar-refractivity contribution in [2.24, 2.45) is 17.3 Å². The van der Waals surface area contributed by atoms with E-state index in [0.29, 0.717) is 29.5 Å². The number of hydrogen-bond donors (Lipinski definition) is 2. The molecule has 6 nitrogen and oxygen atoms in total. The summed E-state index contributed by atoms with van der Waals surface area (Å²) >= 11 is 0. The highest BCUT2D eigenvalue weighted by Crippen LogP contribution is 2.61. The number of carbonyl (C=O) groups is 3. The lowest BCUT2D eigenvalue weighted by atomic mass is 9.48. The van der Waals surface area contributed by atoms with Gasteiger partial charge in [0.1, 0.15) is 0 Å². The molecule has 0 aliphatic heterocycles. The Kier molecular flexibility index (Phi) is 4.34. The number of hydrogen-bond acceptors (Lipinski definition) is 5. The molecule has 2 unspecified atom stereocenters. The van der Waals surface area contributed by atoms with Gasteiger partial charge in [-0.15, -0.1) is 0 Å². The maximum atomic E-state index is 12.8. The van der Waals surface area contributed by atoms with E-state index in [-0.39, 0.29) is 18.4 Å². The van der Waals surface area contributed by atoms with Gasteiger partial charge < -0.3 is 15.2 Å². The molecule has 144 valence electrons. The van der Waals surface area contributed by atoms with Crippen LogP contribution >= 0.6 is 0 Å². The topological polar surface area (TPSA) is 92.7 Å². The van der Waals surface area contributed by atoms with Gasteiger partial charge in [-0.25, -0.2) is 0 Å². The summed E-state index contributed by atoms with van der Waals surface area (Å²) < 4.78 is 5.35. The number of ketones is 1. The molecule has 0 aromatic heterocycles. The van der Waals surface area contributed by atoms with E-state index in [1.54, 1.807) is 24.3 Å². The van der Waals surface area contributed by atoms with Gasteiger partial charge in [-0.1, -0.05) is 0 Å². The number of benzene rings is 1. The number of ether oxygens (including phenoxy) is 1. The van der Waals surface area contributed by atoms with Gasteiger partial charge >= 0.3 is 5.97 Å². The summed E-state index contributed by atoms with van der Waals surface area (Å²) in [5.41, 5.74) is -0.240. The lowest BCUT2D eigenvalue weighted by molar-refractivity contribution is -0.196. The van der Waals surface area contributed by atoms with E-state index in [9.17, 15) is 19.5 Å². The van der Waals surface area contributed by atoms with E-state index in [4.69, 9.17) is 4.74 Å². The summed E-state index contributed by atoms with van der Waals surface area (Å²) in [7, 11) is 0. The molecule has 5 rings (SSSR count). The number of nitrogens with one attached hydrogen (secondary N) is 1. The number of anilines is 1. The molecular formula is C21H25NO5. The minimum atomic E-state index is -0.732. The first-order valence-corrected chi connectivity index (χ1v) is 9.57. The van der Waals surface area contributed by atoms with Gasteiger partial charge in [-0.2, -0.15) is 0 Å². The summed E-state index contributed by atoms with van der Waals surface area (Å²) in [5, 5.41) is 13.4. The van der Waals surface area contributed by atoms with Crippen LogP contribution in [-0.4, -0.2) is 35.0 Å². The van der Waals surface area contributed by atoms with Gasteiger partial charge in [0.2, 0.25) is 0 Å². The Balaban J connectivity index is 1.34. The van der Waals surface area contributed by atoms with Crippen molar-refractivity contribution in [1.82, 2.24) is 0 Å². The zero-order valence-electron chi connectivity index (χ0n) is 15.5. The number of amides is 1. The molecule has 4 aliphatic rings. The average Bonchev–Trinajstić information content (AvgIpc) is 2.58. The zero-order chi connectivity index (χ0) is 19.2. The highest BCUT2D eigenvalue weighted by Gasteiger charge is 2.60. The molecule has 2 N–H and O–H groups in total. The predicted octanol–water partition coefficient (Wildman–Crippen LogP) is 2.70. The van der Waals surface area contributed by atoms with Gasteiger partial charge in [-0.05, 0) is 81.5 Å². The molecule has 4 bridgehead atoms. The molecule has 1 amide bonds. The third-order valence-corrected chi connectivity index (χ3v) is 6.37. The normalized spacial score (nSPS) is 33.6. The average molecular weight is 371 g/mol. The van der Waals surface area contributed by atoms with Crippen LogP contribution in [0.1, 0.15) is 55.8 Å². The summed E-state index contributed by atoms with van der Waals surface area (Å²) in [6, 6.07) is 6.57. The van der Waals surface area contributed by atoms with Gasteiger partial charge in [0.15, 0.2) is 12.4 Å². The van der Waals surface area contributed by atoms with E-state index < -0.39 is 16.9 Å². The Hall–Kier alpha value is -2.21. The third kappa shape index (κ3) is 3.50. The van der Waals surface area contributed by atoms with Crippen LogP contribution in [0.2, 0.25) is 0 Å². The number of aliphatic hydroxyl groups is 1. The van der Waals surface area contributed by atoms with Crippen LogP contribution in [0.15, 0.2) is 24.3 Å². The van der Waals surface area contributed by atoms with Crippen molar-refractivity contribution in [2.45, 2.75) is 51.0 Å². The van der Waals surface area contributed by atoms with Crippen molar-refractivity contribution in [3.63, 3.8) is 0 Å². The van der Waals surface area contributed by atoms with E-state index in [2.05, 4.69) is 5.32 Å². The second-order valence-electron chi connectivity index (χ2n) is 8.72. The molecular weight excluding hydrogens is 346 g/mol. The molecule has 1 aromatic carbocycles. The van der Waals surface area contributed by atoms with E-state index >= 15 is 0 Å². The molecule has 1 aromatic rings. The minimum absolute atomic E-state index is 0.0426. The molecule has 0 spiro atoms. The Morgan fingerprint density at radius 1 is 1.11 bits per heavy atom. The van der Waals surface area contributed by atoms with Crippen molar-refractivity contribution in [1.29, 1.82) is 0 Å². The van der Waals surface area contributed by atoms with Gasteiger partial charge in [0, 0.05) is 11.3 Å². The van der Waals surface area contributed by atoms with Crippen molar-refractivity contribution < 1.29 is 24.2 Å². The van der Waals surface area contributed by atoms with Crippen LogP contribution in [0, 0.1) is 17.3 Å².